The van der Waals surface area contributed by atoms with Crippen molar-refractivity contribution in [1.82, 2.24) is 0 Å². The third-order valence-electron chi connectivity index (χ3n) is 2.58. The van der Waals surface area contributed by atoms with E-state index in [9.17, 15) is 0 Å². The van der Waals surface area contributed by atoms with Crippen molar-refractivity contribution in [3.63, 3.8) is 0 Å². The molecule has 0 aliphatic heterocycles. The number of hydrogen-bond acceptors (Lipinski definition) is 1. The van der Waals surface area contributed by atoms with Crippen molar-refractivity contribution >= 4 is 11.6 Å². The minimum absolute atomic E-state index is 0.0404. The third-order valence-corrected chi connectivity index (χ3v) is 2.91. The van der Waals surface area contributed by atoms with Gasteiger partial charge in [-0.15, -0.1) is 0 Å². The van der Waals surface area contributed by atoms with Crippen LogP contribution in [0.5, 0.6) is 0 Å². The van der Waals surface area contributed by atoms with Crippen molar-refractivity contribution < 1.29 is 0 Å². The van der Waals surface area contributed by atoms with E-state index in [1.807, 2.05) is 12.1 Å². The summed E-state index contributed by atoms with van der Waals surface area (Å²) in [5.74, 6) is 0.417. The molecule has 1 atom stereocenters. The number of nitrogens with two attached hydrogens (primary N) is 1. The summed E-state index contributed by atoms with van der Waals surface area (Å²) >= 11 is 6.17. The zero-order valence-corrected chi connectivity index (χ0v) is 9.81. The van der Waals surface area contributed by atoms with Gasteiger partial charge in [-0.25, -0.2) is 0 Å². The van der Waals surface area contributed by atoms with Crippen LogP contribution in [0.4, 0.5) is 0 Å². The maximum atomic E-state index is 6.17. The van der Waals surface area contributed by atoms with Crippen LogP contribution in [0.2, 0.25) is 5.02 Å². The van der Waals surface area contributed by atoms with E-state index in [0.717, 1.165) is 17.0 Å². The minimum Gasteiger partial charge on any atom is -0.324 e. The van der Waals surface area contributed by atoms with Gasteiger partial charge in [0.15, 0.2) is 0 Å². The fraction of sp³-hybridized carbons (Fsp3) is 0.500. The normalized spacial score (nSPS) is 13.3. The van der Waals surface area contributed by atoms with E-state index in [-0.39, 0.29) is 6.04 Å². The average molecular weight is 212 g/mol. The molecule has 0 aliphatic rings. The molecule has 0 saturated heterocycles. The summed E-state index contributed by atoms with van der Waals surface area (Å²) in [5.41, 5.74) is 8.51. The highest BCUT2D eigenvalue weighted by atomic mass is 35.5. The van der Waals surface area contributed by atoms with Crippen LogP contribution in [-0.4, -0.2) is 0 Å². The monoisotopic (exact) mass is 211 g/mol. The maximum absolute atomic E-state index is 6.17. The van der Waals surface area contributed by atoms with Gasteiger partial charge in [0.05, 0.1) is 0 Å². The van der Waals surface area contributed by atoms with Gasteiger partial charge in [-0.3, -0.25) is 0 Å². The Hall–Kier alpha value is -0.530. The standard InChI is InChI=1S/C12H18ClN/c1-4-9-6-5-7-10(13)11(9)12(14)8(2)3/h5-8,12H,4,14H2,1-3H3/t12-/m0/s1. The molecular weight excluding hydrogens is 194 g/mol. The zero-order valence-electron chi connectivity index (χ0n) is 9.05. The van der Waals surface area contributed by atoms with Crippen LogP contribution in [0.3, 0.4) is 0 Å². The summed E-state index contributed by atoms with van der Waals surface area (Å²) in [4.78, 5) is 0. The van der Waals surface area contributed by atoms with Crippen molar-refractivity contribution in [3.8, 4) is 0 Å². The van der Waals surface area contributed by atoms with Gasteiger partial charge in [0.2, 0.25) is 0 Å². The quantitative estimate of drug-likeness (QED) is 0.813. The molecule has 0 spiro atoms. The van der Waals surface area contributed by atoms with Crippen molar-refractivity contribution in [1.29, 1.82) is 0 Å². The zero-order chi connectivity index (χ0) is 10.7. The SMILES string of the molecule is CCc1cccc(Cl)c1[C@@H](N)C(C)C. The van der Waals surface area contributed by atoms with E-state index in [2.05, 4.69) is 26.8 Å². The number of halogens is 1. The molecule has 1 aromatic carbocycles. The number of hydrogen-bond donors (Lipinski definition) is 1. The molecule has 0 radical (unpaired) electrons. The summed E-state index contributed by atoms with van der Waals surface area (Å²) in [7, 11) is 0. The van der Waals surface area contributed by atoms with E-state index in [1.54, 1.807) is 0 Å². The molecule has 1 rings (SSSR count). The Morgan fingerprint density at radius 1 is 1.36 bits per heavy atom. The summed E-state index contributed by atoms with van der Waals surface area (Å²) in [6, 6.07) is 6.04. The van der Waals surface area contributed by atoms with Crippen molar-refractivity contribution in [2.24, 2.45) is 11.7 Å². The molecule has 14 heavy (non-hydrogen) atoms. The Morgan fingerprint density at radius 2 is 2.00 bits per heavy atom. The molecule has 0 fully saturated rings. The highest BCUT2D eigenvalue weighted by molar-refractivity contribution is 6.31. The van der Waals surface area contributed by atoms with Gasteiger partial charge < -0.3 is 5.73 Å². The van der Waals surface area contributed by atoms with Crippen LogP contribution in [0, 0.1) is 5.92 Å². The van der Waals surface area contributed by atoms with Gasteiger partial charge in [0, 0.05) is 11.1 Å². The fourth-order valence-electron chi connectivity index (χ4n) is 1.60. The second-order valence-electron chi connectivity index (χ2n) is 3.94. The third kappa shape index (κ3) is 2.28. The van der Waals surface area contributed by atoms with Gasteiger partial charge in [-0.1, -0.05) is 44.5 Å². The topological polar surface area (TPSA) is 26.0 Å². The lowest BCUT2D eigenvalue weighted by Gasteiger charge is -2.20. The first-order chi connectivity index (χ1) is 6.57. The Morgan fingerprint density at radius 3 is 2.50 bits per heavy atom. The summed E-state index contributed by atoms with van der Waals surface area (Å²) < 4.78 is 0. The molecule has 1 aromatic rings. The molecule has 0 bridgehead atoms. The van der Waals surface area contributed by atoms with E-state index in [0.29, 0.717) is 5.92 Å². The molecule has 78 valence electrons. The lowest BCUT2D eigenvalue weighted by molar-refractivity contribution is 0.511. The summed E-state index contributed by atoms with van der Waals surface area (Å²) in [6.45, 7) is 6.36. The van der Waals surface area contributed by atoms with Gasteiger partial charge in [-0.05, 0) is 29.5 Å². The molecule has 0 saturated carbocycles. The van der Waals surface area contributed by atoms with E-state index in [4.69, 9.17) is 17.3 Å². The predicted octanol–water partition coefficient (Wildman–Crippen LogP) is 3.56. The number of benzene rings is 1. The highest BCUT2D eigenvalue weighted by Gasteiger charge is 2.16. The first-order valence-electron chi connectivity index (χ1n) is 5.10. The fourth-order valence-corrected chi connectivity index (χ4v) is 1.92. The second-order valence-corrected chi connectivity index (χ2v) is 4.34. The van der Waals surface area contributed by atoms with E-state index >= 15 is 0 Å². The van der Waals surface area contributed by atoms with Crippen LogP contribution in [0.1, 0.15) is 37.9 Å². The van der Waals surface area contributed by atoms with Gasteiger partial charge in [0.25, 0.3) is 0 Å². The van der Waals surface area contributed by atoms with Crippen LogP contribution in [0.15, 0.2) is 18.2 Å². The summed E-state index contributed by atoms with van der Waals surface area (Å²) in [5, 5.41) is 0.797. The molecule has 0 unspecified atom stereocenters. The molecule has 0 aromatic heterocycles. The van der Waals surface area contributed by atoms with Crippen LogP contribution in [-0.2, 0) is 6.42 Å². The average Bonchev–Trinajstić information content (AvgIpc) is 2.16. The Bertz CT molecular complexity index is 307. The molecule has 0 aliphatic carbocycles. The van der Waals surface area contributed by atoms with Crippen LogP contribution < -0.4 is 5.73 Å². The lowest BCUT2D eigenvalue weighted by Crippen LogP contribution is -2.18. The van der Waals surface area contributed by atoms with Gasteiger partial charge in [-0.2, -0.15) is 0 Å². The molecule has 2 heteroatoms. The Kier molecular flexibility index (Phi) is 3.97. The molecule has 0 amide bonds. The van der Waals surface area contributed by atoms with Crippen molar-refractivity contribution in [2.45, 2.75) is 33.2 Å². The molecular formula is C12H18ClN. The molecule has 2 N–H and O–H groups in total. The van der Waals surface area contributed by atoms with Crippen LogP contribution >= 0.6 is 11.6 Å². The van der Waals surface area contributed by atoms with E-state index in [1.165, 1.54) is 5.56 Å². The van der Waals surface area contributed by atoms with Crippen molar-refractivity contribution in [3.05, 3.63) is 34.3 Å². The maximum Gasteiger partial charge on any atom is 0.0456 e. The predicted molar refractivity (Wildman–Crippen MR) is 62.6 cm³/mol. The highest BCUT2D eigenvalue weighted by Crippen LogP contribution is 2.29. The first-order valence-corrected chi connectivity index (χ1v) is 5.48. The smallest absolute Gasteiger partial charge is 0.0456 e. The molecule has 1 nitrogen and oxygen atoms in total. The number of aryl methyl sites for hydroxylation is 1. The number of rotatable bonds is 3. The van der Waals surface area contributed by atoms with E-state index < -0.39 is 0 Å². The largest absolute Gasteiger partial charge is 0.324 e. The van der Waals surface area contributed by atoms with Crippen LogP contribution in [0.25, 0.3) is 0 Å². The Balaban J connectivity index is 3.16. The Labute approximate surface area is 91.3 Å². The first kappa shape index (κ1) is 11.5. The van der Waals surface area contributed by atoms with Crippen molar-refractivity contribution in [2.75, 3.05) is 0 Å². The summed E-state index contributed by atoms with van der Waals surface area (Å²) in [6.07, 6.45) is 0.982. The minimum atomic E-state index is 0.0404. The molecule has 0 heterocycles. The van der Waals surface area contributed by atoms with Gasteiger partial charge in [0.1, 0.15) is 0 Å². The van der Waals surface area contributed by atoms with Gasteiger partial charge >= 0.3 is 0 Å². The lowest BCUT2D eigenvalue weighted by atomic mass is 9.92. The second kappa shape index (κ2) is 4.81.